The van der Waals surface area contributed by atoms with Crippen LogP contribution in [0.2, 0.25) is 0 Å². The Labute approximate surface area is 136 Å². The molecule has 0 fully saturated rings. The highest BCUT2D eigenvalue weighted by atomic mass is 16.6. The standard InChI is InChI=1S/C16H14N4O4/c1-11(18-16(21)14-6-7-15(24-14)20(22)23)12-4-2-5-13(10-12)19-9-3-8-17-19/h2-11H,1H3,(H,18,21)/t11-/m1/s1. The lowest BCUT2D eigenvalue weighted by Crippen LogP contribution is -2.26. The Bertz CT molecular complexity index is 870. The van der Waals surface area contributed by atoms with Crippen LogP contribution >= 0.6 is 0 Å². The van der Waals surface area contributed by atoms with Gasteiger partial charge in [-0.25, -0.2) is 4.68 Å². The van der Waals surface area contributed by atoms with E-state index in [2.05, 4.69) is 10.4 Å². The third kappa shape index (κ3) is 3.17. The molecule has 3 rings (SSSR count). The van der Waals surface area contributed by atoms with Gasteiger partial charge in [0.15, 0.2) is 5.76 Å². The van der Waals surface area contributed by atoms with E-state index in [1.807, 2.05) is 43.5 Å². The van der Waals surface area contributed by atoms with E-state index in [9.17, 15) is 14.9 Å². The highest BCUT2D eigenvalue weighted by Crippen LogP contribution is 2.19. The third-order valence-electron chi connectivity index (χ3n) is 3.48. The first-order valence-electron chi connectivity index (χ1n) is 7.19. The average molecular weight is 326 g/mol. The number of hydrogen-bond acceptors (Lipinski definition) is 5. The fourth-order valence-corrected chi connectivity index (χ4v) is 2.26. The summed E-state index contributed by atoms with van der Waals surface area (Å²) in [5, 5.41) is 17.5. The van der Waals surface area contributed by atoms with E-state index in [1.54, 1.807) is 10.9 Å². The van der Waals surface area contributed by atoms with Crippen molar-refractivity contribution in [1.82, 2.24) is 15.1 Å². The highest BCUT2D eigenvalue weighted by Gasteiger charge is 2.19. The monoisotopic (exact) mass is 326 g/mol. The number of amides is 1. The van der Waals surface area contributed by atoms with Gasteiger partial charge < -0.3 is 9.73 Å². The fraction of sp³-hybridized carbons (Fsp3) is 0.125. The summed E-state index contributed by atoms with van der Waals surface area (Å²) in [5.41, 5.74) is 1.74. The van der Waals surface area contributed by atoms with Crippen molar-refractivity contribution in [3.63, 3.8) is 0 Å². The highest BCUT2D eigenvalue weighted by molar-refractivity contribution is 5.92. The number of nitro groups is 1. The molecule has 0 saturated carbocycles. The SMILES string of the molecule is C[C@@H](NC(=O)c1ccc([N+](=O)[O-])o1)c1cccc(-n2cccn2)c1. The first-order valence-corrected chi connectivity index (χ1v) is 7.19. The number of hydrogen-bond donors (Lipinski definition) is 1. The molecule has 0 unspecified atom stereocenters. The minimum absolute atomic E-state index is 0.100. The van der Waals surface area contributed by atoms with Gasteiger partial charge in [-0.1, -0.05) is 12.1 Å². The summed E-state index contributed by atoms with van der Waals surface area (Å²) in [6, 6.07) is 11.5. The van der Waals surface area contributed by atoms with Crippen molar-refractivity contribution < 1.29 is 14.1 Å². The number of benzene rings is 1. The van der Waals surface area contributed by atoms with Crippen molar-refractivity contribution in [2.24, 2.45) is 0 Å². The van der Waals surface area contributed by atoms with Gasteiger partial charge in [0.1, 0.15) is 4.92 Å². The number of nitrogens with zero attached hydrogens (tertiary/aromatic N) is 3. The van der Waals surface area contributed by atoms with Gasteiger partial charge in [0.2, 0.25) is 0 Å². The molecule has 2 aromatic heterocycles. The average Bonchev–Trinajstić information content (AvgIpc) is 3.26. The van der Waals surface area contributed by atoms with Crippen molar-refractivity contribution in [2.45, 2.75) is 13.0 Å². The van der Waals surface area contributed by atoms with Gasteiger partial charge in [-0.2, -0.15) is 5.10 Å². The molecule has 0 radical (unpaired) electrons. The van der Waals surface area contributed by atoms with Crippen molar-refractivity contribution in [3.8, 4) is 5.69 Å². The van der Waals surface area contributed by atoms with E-state index < -0.39 is 16.7 Å². The van der Waals surface area contributed by atoms with Gasteiger partial charge in [-0.15, -0.1) is 0 Å². The predicted molar refractivity (Wildman–Crippen MR) is 84.8 cm³/mol. The van der Waals surface area contributed by atoms with Gasteiger partial charge in [0.05, 0.1) is 17.8 Å². The maximum absolute atomic E-state index is 12.1. The first kappa shape index (κ1) is 15.5. The molecule has 1 atom stereocenters. The summed E-state index contributed by atoms with van der Waals surface area (Å²) in [6.07, 6.45) is 3.51. The molecule has 2 heterocycles. The normalized spacial score (nSPS) is 11.9. The number of furan rings is 1. The van der Waals surface area contributed by atoms with Crippen molar-refractivity contribution >= 4 is 11.8 Å². The Morgan fingerprint density at radius 1 is 1.33 bits per heavy atom. The van der Waals surface area contributed by atoms with E-state index >= 15 is 0 Å². The number of nitrogens with one attached hydrogen (secondary N) is 1. The summed E-state index contributed by atoms with van der Waals surface area (Å²) >= 11 is 0. The Balaban J connectivity index is 1.74. The molecule has 1 N–H and O–H groups in total. The Hall–Kier alpha value is -3.42. The van der Waals surface area contributed by atoms with Crippen LogP contribution in [-0.2, 0) is 0 Å². The van der Waals surface area contributed by atoms with E-state index in [1.165, 1.54) is 6.07 Å². The van der Waals surface area contributed by atoms with Gasteiger partial charge in [0.25, 0.3) is 5.91 Å². The summed E-state index contributed by atoms with van der Waals surface area (Å²) in [5.74, 6) is -1.08. The second-order valence-electron chi connectivity index (χ2n) is 5.14. The van der Waals surface area contributed by atoms with E-state index in [-0.39, 0.29) is 11.8 Å². The topological polar surface area (TPSA) is 103 Å². The molecule has 8 heteroatoms. The second-order valence-corrected chi connectivity index (χ2v) is 5.14. The van der Waals surface area contributed by atoms with Gasteiger partial charge >= 0.3 is 5.88 Å². The minimum atomic E-state index is -0.687. The van der Waals surface area contributed by atoms with Crippen LogP contribution < -0.4 is 5.32 Å². The smallest absolute Gasteiger partial charge is 0.395 e. The minimum Gasteiger partial charge on any atom is -0.395 e. The fourth-order valence-electron chi connectivity index (χ4n) is 2.26. The van der Waals surface area contributed by atoms with Crippen molar-refractivity contribution in [1.29, 1.82) is 0 Å². The van der Waals surface area contributed by atoms with E-state index in [4.69, 9.17) is 4.42 Å². The summed E-state index contributed by atoms with van der Waals surface area (Å²) < 4.78 is 6.62. The van der Waals surface area contributed by atoms with Gasteiger partial charge in [-0.3, -0.25) is 14.9 Å². The van der Waals surface area contributed by atoms with Crippen LogP contribution in [0.25, 0.3) is 5.69 Å². The lowest BCUT2D eigenvalue weighted by molar-refractivity contribution is -0.402. The maximum Gasteiger partial charge on any atom is 0.433 e. The molecule has 1 amide bonds. The van der Waals surface area contributed by atoms with Crippen LogP contribution in [0.1, 0.15) is 29.1 Å². The lowest BCUT2D eigenvalue weighted by Gasteiger charge is -2.14. The van der Waals surface area contributed by atoms with Crippen LogP contribution in [0.15, 0.2) is 59.3 Å². The maximum atomic E-state index is 12.1. The first-order chi connectivity index (χ1) is 11.5. The van der Waals surface area contributed by atoms with E-state index in [0.29, 0.717) is 0 Å². The molecular weight excluding hydrogens is 312 g/mol. The quantitative estimate of drug-likeness (QED) is 0.573. The molecule has 24 heavy (non-hydrogen) atoms. The zero-order chi connectivity index (χ0) is 17.1. The Kier molecular flexibility index (Phi) is 4.11. The lowest BCUT2D eigenvalue weighted by atomic mass is 10.1. The molecule has 1 aromatic carbocycles. The third-order valence-corrected chi connectivity index (χ3v) is 3.48. The van der Waals surface area contributed by atoms with E-state index in [0.717, 1.165) is 17.3 Å². The molecule has 0 saturated heterocycles. The Morgan fingerprint density at radius 2 is 2.17 bits per heavy atom. The number of carbonyl (C=O) groups is 1. The van der Waals surface area contributed by atoms with Crippen LogP contribution in [0.3, 0.4) is 0 Å². The molecule has 0 aliphatic rings. The van der Waals surface area contributed by atoms with Crippen LogP contribution in [-0.4, -0.2) is 20.6 Å². The molecule has 0 spiro atoms. The van der Waals surface area contributed by atoms with Gasteiger partial charge in [-0.05, 0) is 36.8 Å². The molecule has 0 bridgehead atoms. The van der Waals surface area contributed by atoms with Crippen LogP contribution in [0, 0.1) is 10.1 Å². The Morgan fingerprint density at radius 3 is 2.83 bits per heavy atom. The van der Waals surface area contributed by atoms with Crippen LogP contribution in [0.5, 0.6) is 0 Å². The second kappa shape index (κ2) is 6.37. The van der Waals surface area contributed by atoms with Gasteiger partial charge in [0, 0.05) is 12.4 Å². The summed E-state index contributed by atoms with van der Waals surface area (Å²) in [4.78, 5) is 22.0. The number of aromatic nitrogens is 2. The molecule has 0 aliphatic heterocycles. The number of carbonyl (C=O) groups excluding carboxylic acids is 1. The largest absolute Gasteiger partial charge is 0.433 e. The molecule has 122 valence electrons. The zero-order valence-corrected chi connectivity index (χ0v) is 12.7. The summed E-state index contributed by atoms with van der Waals surface area (Å²) in [6.45, 7) is 1.82. The molecule has 8 nitrogen and oxygen atoms in total. The zero-order valence-electron chi connectivity index (χ0n) is 12.7. The summed E-state index contributed by atoms with van der Waals surface area (Å²) in [7, 11) is 0. The van der Waals surface area contributed by atoms with Crippen molar-refractivity contribution in [3.05, 3.63) is 76.3 Å². The molecule has 0 aliphatic carbocycles. The molecular formula is C16H14N4O4. The van der Waals surface area contributed by atoms with Crippen LogP contribution in [0.4, 0.5) is 5.88 Å². The van der Waals surface area contributed by atoms with Crippen molar-refractivity contribution in [2.75, 3.05) is 0 Å². The number of rotatable bonds is 5. The molecule has 3 aromatic rings. The predicted octanol–water partition coefficient (Wildman–Crippen LogP) is 2.86.